The average Bonchev–Trinajstić information content (AvgIpc) is 2.65. The van der Waals surface area contributed by atoms with Crippen LogP contribution in [0.25, 0.3) is 5.65 Å². The Kier molecular flexibility index (Phi) is 3.08. The Morgan fingerprint density at radius 2 is 2.47 bits per heavy atom. The highest BCUT2D eigenvalue weighted by atomic mass is 32.2. The topological polar surface area (TPSA) is 65.4 Å². The molecule has 0 saturated heterocycles. The van der Waals surface area contributed by atoms with Crippen LogP contribution in [0.3, 0.4) is 0 Å². The molecule has 2 aromatic rings. The molecule has 0 radical (unpaired) electrons. The minimum absolute atomic E-state index is 0.500. The van der Waals surface area contributed by atoms with Gasteiger partial charge in [0.1, 0.15) is 10.8 Å². The average molecular weight is 224 g/mol. The molecule has 2 N–H and O–H groups in total. The van der Waals surface area contributed by atoms with Gasteiger partial charge in [-0.3, -0.25) is 0 Å². The van der Waals surface area contributed by atoms with Gasteiger partial charge in [0.2, 0.25) is 0 Å². The van der Waals surface area contributed by atoms with Gasteiger partial charge in [0.15, 0.2) is 5.65 Å². The zero-order valence-electron chi connectivity index (χ0n) is 8.38. The summed E-state index contributed by atoms with van der Waals surface area (Å²) in [7, 11) is 1.68. The fraction of sp³-hybridized carbons (Fsp3) is 0.333. The highest BCUT2D eigenvalue weighted by Crippen LogP contribution is 2.21. The van der Waals surface area contributed by atoms with E-state index < -0.39 is 0 Å². The number of fused-ring (bicyclic) bond motifs is 1. The summed E-state index contributed by atoms with van der Waals surface area (Å²) in [5, 5.41) is 0.844. The second-order valence-corrected chi connectivity index (χ2v) is 4.05. The summed E-state index contributed by atoms with van der Waals surface area (Å²) < 4.78 is 6.85. The van der Waals surface area contributed by atoms with Crippen LogP contribution in [0.1, 0.15) is 0 Å². The van der Waals surface area contributed by atoms with E-state index in [1.54, 1.807) is 31.3 Å². The molecular formula is C9H12N4OS. The van der Waals surface area contributed by atoms with Crippen LogP contribution in [-0.4, -0.2) is 33.8 Å². The first-order chi connectivity index (χ1) is 7.31. The molecule has 80 valence electrons. The van der Waals surface area contributed by atoms with E-state index >= 15 is 0 Å². The molecule has 2 aromatic heterocycles. The lowest BCUT2D eigenvalue weighted by Gasteiger charge is -2.03. The first kappa shape index (κ1) is 10.3. The molecule has 0 fully saturated rings. The number of methoxy groups -OCH3 is 1. The van der Waals surface area contributed by atoms with Crippen LogP contribution >= 0.6 is 11.8 Å². The summed E-state index contributed by atoms with van der Waals surface area (Å²) in [5.74, 6) is 1.34. The maximum absolute atomic E-state index is 5.68. The number of hydrogen-bond acceptors (Lipinski definition) is 5. The third-order valence-electron chi connectivity index (χ3n) is 1.89. The third kappa shape index (κ3) is 2.21. The number of nitrogens with zero attached hydrogens (tertiary/aromatic N) is 3. The van der Waals surface area contributed by atoms with E-state index in [0.717, 1.165) is 16.4 Å². The number of thioether (sulfide) groups is 1. The van der Waals surface area contributed by atoms with Crippen molar-refractivity contribution in [3.05, 3.63) is 18.6 Å². The maximum Gasteiger partial charge on any atom is 0.169 e. The standard InChI is InChI=1S/C9H12N4OS/c1-14-4-5-15-9-8-11-2-3-13(8)6-7(10)12-9/h2-3,6H,4-5,10H2,1H3. The molecular weight excluding hydrogens is 212 g/mol. The Morgan fingerprint density at radius 3 is 3.27 bits per heavy atom. The van der Waals surface area contributed by atoms with Crippen LogP contribution in [0.5, 0.6) is 0 Å². The summed E-state index contributed by atoms with van der Waals surface area (Å²) in [6.07, 6.45) is 5.34. The lowest BCUT2D eigenvalue weighted by Crippen LogP contribution is -1.99. The van der Waals surface area contributed by atoms with Gasteiger partial charge in [-0.25, -0.2) is 9.97 Å². The highest BCUT2D eigenvalue weighted by Gasteiger charge is 2.06. The molecule has 0 atom stereocenters. The Labute approximate surface area is 91.7 Å². The Balaban J connectivity index is 2.27. The van der Waals surface area contributed by atoms with Crippen molar-refractivity contribution in [2.75, 3.05) is 25.2 Å². The zero-order valence-corrected chi connectivity index (χ0v) is 9.20. The van der Waals surface area contributed by atoms with E-state index in [4.69, 9.17) is 10.5 Å². The number of ether oxygens (including phenoxy) is 1. The van der Waals surface area contributed by atoms with Crippen molar-refractivity contribution in [3.63, 3.8) is 0 Å². The van der Waals surface area contributed by atoms with Crippen LogP contribution in [0.15, 0.2) is 23.6 Å². The number of nitrogen functional groups attached to an aromatic ring is 1. The van der Waals surface area contributed by atoms with Gasteiger partial charge in [0.25, 0.3) is 0 Å². The number of imidazole rings is 1. The molecule has 2 rings (SSSR count). The van der Waals surface area contributed by atoms with Crippen LogP contribution in [-0.2, 0) is 4.74 Å². The molecule has 0 aliphatic heterocycles. The lowest BCUT2D eigenvalue weighted by atomic mass is 10.6. The summed E-state index contributed by atoms with van der Waals surface area (Å²) in [6, 6.07) is 0. The van der Waals surface area contributed by atoms with E-state index in [9.17, 15) is 0 Å². The van der Waals surface area contributed by atoms with E-state index in [-0.39, 0.29) is 0 Å². The van der Waals surface area contributed by atoms with Crippen LogP contribution in [0.2, 0.25) is 0 Å². The van der Waals surface area contributed by atoms with Crippen molar-refractivity contribution in [1.82, 2.24) is 14.4 Å². The van der Waals surface area contributed by atoms with E-state index in [1.165, 1.54) is 0 Å². The molecule has 0 spiro atoms. The van der Waals surface area contributed by atoms with Crippen molar-refractivity contribution in [1.29, 1.82) is 0 Å². The molecule has 0 aromatic carbocycles. The van der Waals surface area contributed by atoms with Gasteiger partial charge in [-0.2, -0.15) is 0 Å². The lowest BCUT2D eigenvalue weighted by molar-refractivity contribution is 0.218. The molecule has 0 bridgehead atoms. The van der Waals surface area contributed by atoms with E-state index in [0.29, 0.717) is 12.4 Å². The molecule has 0 aliphatic carbocycles. The van der Waals surface area contributed by atoms with Gasteiger partial charge in [0, 0.05) is 25.3 Å². The zero-order chi connectivity index (χ0) is 10.7. The molecule has 5 nitrogen and oxygen atoms in total. The molecule has 0 aliphatic rings. The van der Waals surface area contributed by atoms with Crippen molar-refractivity contribution in [2.45, 2.75) is 5.03 Å². The summed E-state index contributed by atoms with van der Waals surface area (Å²) in [5.41, 5.74) is 6.52. The smallest absolute Gasteiger partial charge is 0.169 e. The van der Waals surface area contributed by atoms with Crippen molar-refractivity contribution < 1.29 is 4.74 Å². The summed E-state index contributed by atoms with van der Waals surface area (Å²) in [6.45, 7) is 0.689. The predicted octanol–water partition coefficient (Wildman–Crippen LogP) is 1.05. The van der Waals surface area contributed by atoms with Gasteiger partial charge >= 0.3 is 0 Å². The molecule has 0 unspecified atom stereocenters. The number of anilines is 1. The SMILES string of the molecule is COCCSc1nc(N)cn2ccnc12. The first-order valence-corrected chi connectivity index (χ1v) is 5.51. The molecule has 15 heavy (non-hydrogen) atoms. The fourth-order valence-electron chi connectivity index (χ4n) is 1.24. The van der Waals surface area contributed by atoms with Crippen molar-refractivity contribution in [2.24, 2.45) is 0 Å². The van der Waals surface area contributed by atoms with Gasteiger partial charge in [-0.05, 0) is 0 Å². The minimum Gasteiger partial charge on any atom is -0.384 e. The Bertz CT molecular complexity index is 456. The highest BCUT2D eigenvalue weighted by molar-refractivity contribution is 7.99. The maximum atomic E-state index is 5.68. The molecule has 6 heteroatoms. The predicted molar refractivity (Wildman–Crippen MR) is 60.0 cm³/mol. The third-order valence-corrected chi connectivity index (χ3v) is 2.81. The first-order valence-electron chi connectivity index (χ1n) is 4.52. The normalized spacial score (nSPS) is 11.0. The second kappa shape index (κ2) is 4.50. The number of aromatic nitrogens is 3. The van der Waals surface area contributed by atoms with Crippen molar-refractivity contribution >= 4 is 23.2 Å². The van der Waals surface area contributed by atoms with Gasteiger partial charge < -0.3 is 14.9 Å². The second-order valence-electron chi connectivity index (χ2n) is 2.97. The number of hydrogen-bond donors (Lipinski definition) is 1. The molecule has 0 saturated carbocycles. The number of nitrogens with two attached hydrogens (primary N) is 1. The van der Waals surface area contributed by atoms with Crippen LogP contribution in [0.4, 0.5) is 5.82 Å². The monoisotopic (exact) mass is 224 g/mol. The van der Waals surface area contributed by atoms with Gasteiger partial charge in [0.05, 0.1) is 12.8 Å². The van der Waals surface area contributed by atoms with E-state index in [2.05, 4.69) is 9.97 Å². The molecule has 0 amide bonds. The Morgan fingerprint density at radius 1 is 1.60 bits per heavy atom. The van der Waals surface area contributed by atoms with Crippen LogP contribution < -0.4 is 5.73 Å². The van der Waals surface area contributed by atoms with Crippen LogP contribution in [0, 0.1) is 0 Å². The fourth-order valence-corrected chi connectivity index (χ4v) is 2.14. The van der Waals surface area contributed by atoms with E-state index in [1.807, 2.05) is 10.6 Å². The Hall–Kier alpha value is -1.27. The molecule has 2 heterocycles. The van der Waals surface area contributed by atoms with Crippen molar-refractivity contribution in [3.8, 4) is 0 Å². The van der Waals surface area contributed by atoms with Gasteiger partial charge in [-0.15, -0.1) is 11.8 Å². The number of rotatable bonds is 4. The summed E-state index contributed by atoms with van der Waals surface area (Å²) in [4.78, 5) is 8.47. The minimum atomic E-state index is 0.500. The quantitative estimate of drug-likeness (QED) is 0.621. The summed E-state index contributed by atoms with van der Waals surface area (Å²) >= 11 is 1.59. The largest absolute Gasteiger partial charge is 0.384 e. The van der Waals surface area contributed by atoms with Gasteiger partial charge in [-0.1, -0.05) is 0 Å².